The lowest BCUT2D eigenvalue weighted by Gasteiger charge is -2.18. The van der Waals surface area contributed by atoms with Crippen molar-refractivity contribution in [2.75, 3.05) is 14.1 Å². The van der Waals surface area contributed by atoms with E-state index in [0.717, 1.165) is 5.57 Å². The molecule has 3 nitrogen and oxygen atoms in total. The summed E-state index contributed by atoms with van der Waals surface area (Å²) >= 11 is 0. The average molecular weight is 178 g/mol. The number of nitrogens with one attached hydrogen (secondary N) is 1. The van der Waals surface area contributed by atoms with E-state index in [1.807, 2.05) is 24.3 Å². The molecule has 1 amide bonds. The largest absolute Gasteiger partial charge is 0.289 e. The number of carbonyl (C=O) groups is 1. The van der Waals surface area contributed by atoms with Crippen LogP contribution in [-0.2, 0) is 4.79 Å². The van der Waals surface area contributed by atoms with Crippen molar-refractivity contribution in [1.82, 2.24) is 10.4 Å². The number of nitrogens with zero attached hydrogens (tertiary/aromatic N) is 1. The molecule has 0 saturated heterocycles. The first-order valence-electron chi connectivity index (χ1n) is 4.13. The maximum absolute atomic E-state index is 11.5. The van der Waals surface area contributed by atoms with E-state index < -0.39 is 0 Å². The molecule has 1 atom stereocenters. The van der Waals surface area contributed by atoms with Crippen LogP contribution in [0.3, 0.4) is 0 Å². The van der Waals surface area contributed by atoms with Gasteiger partial charge in [-0.3, -0.25) is 10.2 Å². The van der Waals surface area contributed by atoms with Gasteiger partial charge in [-0.25, -0.2) is 5.01 Å². The highest BCUT2D eigenvalue weighted by Gasteiger charge is 2.18. The molecule has 0 spiro atoms. The third kappa shape index (κ3) is 2.56. The first-order valence-corrected chi connectivity index (χ1v) is 4.13. The lowest BCUT2D eigenvalue weighted by atomic mass is 9.95. The van der Waals surface area contributed by atoms with E-state index in [9.17, 15) is 4.79 Å². The van der Waals surface area contributed by atoms with Gasteiger partial charge < -0.3 is 0 Å². The van der Waals surface area contributed by atoms with Crippen LogP contribution in [0.15, 0.2) is 36.5 Å². The van der Waals surface area contributed by atoms with Crippen molar-refractivity contribution >= 4 is 5.91 Å². The van der Waals surface area contributed by atoms with Gasteiger partial charge in [0.25, 0.3) is 0 Å². The number of allylic oxidation sites excluding steroid dienone is 3. The van der Waals surface area contributed by atoms with Gasteiger partial charge in [-0.1, -0.05) is 30.9 Å². The summed E-state index contributed by atoms with van der Waals surface area (Å²) in [4.78, 5) is 11.5. The van der Waals surface area contributed by atoms with Gasteiger partial charge in [0.1, 0.15) is 0 Å². The van der Waals surface area contributed by atoms with Gasteiger partial charge in [-0.15, -0.1) is 0 Å². The number of rotatable bonds is 2. The first kappa shape index (κ1) is 9.74. The fraction of sp³-hybridized carbons (Fsp3) is 0.300. The molecule has 70 valence electrons. The van der Waals surface area contributed by atoms with Crippen molar-refractivity contribution in [3.05, 3.63) is 36.5 Å². The van der Waals surface area contributed by atoms with Crippen molar-refractivity contribution in [1.29, 1.82) is 0 Å². The summed E-state index contributed by atoms with van der Waals surface area (Å²) in [5.41, 5.74) is 3.51. The fourth-order valence-corrected chi connectivity index (χ4v) is 1.13. The Kier molecular flexibility index (Phi) is 3.03. The second kappa shape index (κ2) is 4.05. The average Bonchev–Trinajstić information content (AvgIpc) is 2.03. The lowest BCUT2D eigenvalue weighted by molar-refractivity contribution is -0.126. The molecule has 0 aromatic carbocycles. The smallest absolute Gasteiger partial charge is 0.245 e. The summed E-state index contributed by atoms with van der Waals surface area (Å²) in [6.07, 6.45) is 7.41. The monoisotopic (exact) mass is 178 g/mol. The standard InChI is InChI=1S/C10H14N2O/c1-8-6-4-5-7-9(8)10(13)11-12(2)3/h4-7,9H,1H2,2-3H3,(H,11,13). The molecule has 0 radical (unpaired) electrons. The Morgan fingerprint density at radius 3 is 2.77 bits per heavy atom. The Morgan fingerprint density at radius 1 is 1.54 bits per heavy atom. The van der Waals surface area contributed by atoms with E-state index in [1.54, 1.807) is 19.1 Å². The van der Waals surface area contributed by atoms with E-state index in [-0.39, 0.29) is 11.8 Å². The van der Waals surface area contributed by atoms with Crippen LogP contribution in [0.5, 0.6) is 0 Å². The molecule has 0 fully saturated rings. The maximum Gasteiger partial charge on any atom is 0.245 e. The highest BCUT2D eigenvalue weighted by atomic mass is 16.2. The summed E-state index contributed by atoms with van der Waals surface area (Å²) in [7, 11) is 3.56. The molecule has 1 aliphatic rings. The molecule has 0 saturated carbocycles. The van der Waals surface area contributed by atoms with Crippen molar-refractivity contribution in [3.63, 3.8) is 0 Å². The minimum Gasteiger partial charge on any atom is -0.289 e. The SMILES string of the molecule is C=C1C=CC=CC1C(=O)NN(C)C. The van der Waals surface area contributed by atoms with Crippen molar-refractivity contribution in [2.45, 2.75) is 0 Å². The number of hydrogen-bond donors (Lipinski definition) is 1. The molecular weight excluding hydrogens is 164 g/mol. The molecule has 1 rings (SSSR count). The van der Waals surface area contributed by atoms with Crippen LogP contribution in [0.1, 0.15) is 0 Å². The maximum atomic E-state index is 11.5. The van der Waals surface area contributed by atoms with Crippen molar-refractivity contribution < 1.29 is 4.79 Å². The zero-order chi connectivity index (χ0) is 9.84. The van der Waals surface area contributed by atoms with Gasteiger partial charge in [-0.2, -0.15) is 0 Å². The zero-order valence-electron chi connectivity index (χ0n) is 7.95. The first-order chi connectivity index (χ1) is 6.11. The van der Waals surface area contributed by atoms with Crippen LogP contribution in [-0.4, -0.2) is 25.0 Å². The van der Waals surface area contributed by atoms with Crippen LogP contribution in [0, 0.1) is 5.92 Å². The molecule has 0 aliphatic heterocycles. The Labute approximate surface area is 78.4 Å². The minimum absolute atomic E-state index is 0.0457. The summed E-state index contributed by atoms with van der Waals surface area (Å²) < 4.78 is 0. The molecule has 0 aromatic heterocycles. The number of hydrogen-bond acceptors (Lipinski definition) is 2. The lowest BCUT2D eigenvalue weighted by Crippen LogP contribution is -2.40. The molecule has 0 aromatic rings. The molecule has 3 heteroatoms. The summed E-state index contributed by atoms with van der Waals surface area (Å²) in [5.74, 6) is -0.275. The van der Waals surface area contributed by atoms with E-state index >= 15 is 0 Å². The highest BCUT2D eigenvalue weighted by molar-refractivity contribution is 5.84. The van der Waals surface area contributed by atoms with Crippen LogP contribution < -0.4 is 5.43 Å². The van der Waals surface area contributed by atoms with Crippen LogP contribution >= 0.6 is 0 Å². The normalized spacial score (nSPS) is 20.8. The third-order valence-corrected chi connectivity index (χ3v) is 1.74. The third-order valence-electron chi connectivity index (χ3n) is 1.74. The summed E-state index contributed by atoms with van der Waals surface area (Å²) in [6.45, 7) is 3.81. The number of hydrazine groups is 1. The van der Waals surface area contributed by atoms with E-state index in [2.05, 4.69) is 12.0 Å². The number of amides is 1. The Balaban J connectivity index is 2.62. The van der Waals surface area contributed by atoms with Gasteiger partial charge in [0, 0.05) is 14.1 Å². The zero-order valence-corrected chi connectivity index (χ0v) is 7.95. The molecular formula is C10H14N2O. The topological polar surface area (TPSA) is 32.3 Å². The van der Waals surface area contributed by atoms with Crippen LogP contribution in [0.25, 0.3) is 0 Å². The Bertz CT molecular complexity index is 277. The second-order valence-corrected chi connectivity index (χ2v) is 3.17. The quantitative estimate of drug-likeness (QED) is 0.636. The summed E-state index contributed by atoms with van der Waals surface area (Å²) in [6, 6.07) is 0. The van der Waals surface area contributed by atoms with Crippen LogP contribution in [0.4, 0.5) is 0 Å². The Morgan fingerprint density at radius 2 is 2.23 bits per heavy atom. The van der Waals surface area contributed by atoms with Crippen molar-refractivity contribution in [3.8, 4) is 0 Å². The molecule has 0 heterocycles. The molecule has 13 heavy (non-hydrogen) atoms. The van der Waals surface area contributed by atoms with Gasteiger partial charge >= 0.3 is 0 Å². The predicted octanol–water partition coefficient (Wildman–Crippen LogP) is 0.878. The summed E-state index contributed by atoms with van der Waals surface area (Å²) in [5, 5.41) is 1.63. The van der Waals surface area contributed by atoms with E-state index in [1.165, 1.54) is 0 Å². The molecule has 1 N–H and O–H groups in total. The number of carbonyl (C=O) groups excluding carboxylic acids is 1. The van der Waals surface area contributed by atoms with E-state index in [0.29, 0.717) is 0 Å². The van der Waals surface area contributed by atoms with Crippen molar-refractivity contribution in [2.24, 2.45) is 5.92 Å². The second-order valence-electron chi connectivity index (χ2n) is 3.17. The molecule has 1 aliphatic carbocycles. The predicted molar refractivity (Wildman–Crippen MR) is 52.7 cm³/mol. The molecule has 0 bridgehead atoms. The molecule has 1 unspecified atom stereocenters. The minimum atomic E-state index is -0.229. The van der Waals surface area contributed by atoms with Gasteiger partial charge in [0.2, 0.25) is 5.91 Å². The Hall–Kier alpha value is -1.35. The fourth-order valence-electron chi connectivity index (χ4n) is 1.13. The van der Waals surface area contributed by atoms with E-state index in [4.69, 9.17) is 0 Å². The van der Waals surface area contributed by atoms with Crippen LogP contribution in [0.2, 0.25) is 0 Å². The van der Waals surface area contributed by atoms with Gasteiger partial charge in [-0.05, 0) is 5.57 Å². The van der Waals surface area contributed by atoms with Gasteiger partial charge in [0.05, 0.1) is 5.92 Å². The van der Waals surface area contributed by atoms with Gasteiger partial charge in [0.15, 0.2) is 0 Å². The highest BCUT2D eigenvalue weighted by Crippen LogP contribution is 2.16.